The van der Waals surface area contributed by atoms with Crippen molar-refractivity contribution in [2.45, 2.75) is 6.92 Å². The van der Waals surface area contributed by atoms with Crippen molar-refractivity contribution in [2.24, 2.45) is 0 Å². The largest absolute Gasteiger partial charge is 0.297 e. The van der Waals surface area contributed by atoms with Crippen molar-refractivity contribution in [1.82, 2.24) is 4.98 Å². The van der Waals surface area contributed by atoms with E-state index in [2.05, 4.69) is 15.7 Å². The number of carbonyl (C=O) groups is 1. The first-order valence-corrected chi connectivity index (χ1v) is 5.51. The summed E-state index contributed by atoms with van der Waals surface area (Å²) in [7, 11) is 0. The van der Waals surface area contributed by atoms with Crippen LogP contribution in [0.15, 0.2) is 17.0 Å². The molecule has 0 N–H and O–H groups in total. The van der Waals surface area contributed by atoms with Gasteiger partial charge in [-0.05, 0) is 17.9 Å². The van der Waals surface area contributed by atoms with Crippen LogP contribution in [0.3, 0.4) is 0 Å². The standard InChI is InChI=1S/C9H7NOS2/c1-6-4-12-5-8(6)9-10-2-7(3-11)13-9/h2-5H,1H3. The Kier molecular flexibility index (Phi) is 2.24. The average molecular weight is 209 g/mol. The number of rotatable bonds is 2. The third kappa shape index (κ3) is 1.55. The molecule has 0 aliphatic rings. The highest BCUT2D eigenvalue weighted by atomic mass is 32.1. The molecule has 0 aliphatic heterocycles. The quantitative estimate of drug-likeness (QED) is 0.712. The van der Waals surface area contributed by atoms with E-state index in [0.29, 0.717) is 4.88 Å². The molecule has 2 rings (SSSR count). The van der Waals surface area contributed by atoms with E-state index < -0.39 is 0 Å². The van der Waals surface area contributed by atoms with Crippen molar-refractivity contribution in [3.8, 4) is 10.6 Å². The lowest BCUT2D eigenvalue weighted by molar-refractivity contribution is 0.112. The smallest absolute Gasteiger partial charge is 0.161 e. The molecular weight excluding hydrogens is 202 g/mol. The van der Waals surface area contributed by atoms with Crippen molar-refractivity contribution >= 4 is 29.0 Å². The van der Waals surface area contributed by atoms with Gasteiger partial charge in [-0.15, -0.1) is 11.3 Å². The zero-order valence-electron chi connectivity index (χ0n) is 6.98. The lowest BCUT2D eigenvalue weighted by Gasteiger charge is -1.90. The van der Waals surface area contributed by atoms with Crippen LogP contribution in [-0.2, 0) is 0 Å². The van der Waals surface area contributed by atoms with Crippen molar-refractivity contribution in [2.75, 3.05) is 0 Å². The first-order chi connectivity index (χ1) is 6.31. The molecule has 0 atom stereocenters. The predicted molar refractivity (Wildman–Crippen MR) is 55.6 cm³/mol. The van der Waals surface area contributed by atoms with Gasteiger partial charge in [0.25, 0.3) is 0 Å². The number of aromatic nitrogens is 1. The summed E-state index contributed by atoms with van der Waals surface area (Å²) in [6.07, 6.45) is 2.45. The Labute approximate surface area is 83.9 Å². The van der Waals surface area contributed by atoms with Crippen LogP contribution in [0.5, 0.6) is 0 Å². The molecule has 0 radical (unpaired) electrons. The number of carbonyl (C=O) groups excluding carboxylic acids is 1. The summed E-state index contributed by atoms with van der Waals surface area (Å²) in [5.41, 5.74) is 2.36. The van der Waals surface area contributed by atoms with Crippen LogP contribution in [0.4, 0.5) is 0 Å². The molecule has 0 bridgehead atoms. The van der Waals surface area contributed by atoms with Gasteiger partial charge in [-0.3, -0.25) is 4.79 Å². The summed E-state index contributed by atoms with van der Waals surface area (Å²) in [5.74, 6) is 0. The minimum absolute atomic E-state index is 0.681. The van der Waals surface area contributed by atoms with Gasteiger partial charge in [0.05, 0.1) is 4.88 Å². The first-order valence-electron chi connectivity index (χ1n) is 3.75. The summed E-state index contributed by atoms with van der Waals surface area (Å²) in [4.78, 5) is 15.3. The monoisotopic (exact) mass is 209 g/mol. The fraction of sp³-hybridized carbons (Fsp3) is 0.111. The van der Waals surface area contributed by atoms with Gasteiger partial charge in [-0.25, -0.2) is 4.98 Å². The second kappa shape index (κ2) is 3.40. The van der Waals surface area contributed by atoms with Crippen molar-refractivity contribution in [1.29, 1.82) is 0 Å². The van der Waals surface area contributed by atoms with Gasteiger partial charge >= 0.3 is 0 Å². The summed E-state index contributed by atoms with van der Waals surface area (Å²) >= 11 is 3.09. The average Bonchev–Trinajstić information content (AvgIpc) is 2.71. The van der Waals surface area contributed by atoms with Gasteiger partial charge in [-0.2, -0.15) is 11.3 Å². The minimum Gasteiger partial charge on any atom is -0.297 e. The number of hydrogen-bond acceptors (Lipinski definition) is 4. The van der Waals surface area contributed by atoms with Crippen LogP contribution in [0, 0.1) is 6.92 Å². The maximum absolute atomic E-state index is 10.4. The lowest BCUT2D eigenvalue weighted by atomic mass is 10.2. The second-order valence-corrected chi connectivity index (χ2v) is 4.46. The second-order valence-electron chi connectivity index (χ2n) is 2.65. The Morgan fingerprint density at radius 2 is 2.31 bits per heavy atom. The van der Waals surface area contributed by atoms with E-state index in [9.17, 15) is 4.79 Å². The predicted octanol–water partition coefficient (Wildman–Crippen LogP) is 2.99. The molecule has 0 aliphatic carbocycles. The lowest BCUT2D eigenvalue weighted by Crippen LogP contribution is -1.72. The Bertz CT molecular complexity index is 430. The molecule has 0 unspecified atom stereocenters. The van der Waals surface area contributed by atoms with E-state index >= 15 is 0 Å². The van der Waals surface area contributed by atoms with Crippen molar-refractivity contribution in [3.63, 3.8) is 0 Å². The van der Waals surface area contributed by atoms with Crippen molar-refractivity contribution in [3.05, 3.63) is 27.4 Å². The Morgan fingerprint density at radius 1 is 1.46 bits per heavy atom. The summed E-state index contributed by atoms with van der Waals surface area (Å²) in [6.45, 7) is 2.05. The molecule has 0 aromatic carbocycles. The van der Waals surface area contributed by atoms with Crippen molar-refractivity contribution < 1.29 is 4.79 Å². The Hall–Kier alpha value is -1.00. The molecule has 13 heavy (non-hydrogen) atoms. The maximum Gasteiger partial charge on any atom is 0.161 e. The molecule has 2 aromatic rings. The third-order valence-corrected chi connectivity index (χ3v) is 3.54. The Morgan fingerprint density at radius 3 is 2.85 bits per heavy atom. The maximum atomic E-state index is 10.4. The highest BCUT2D eigenvalue weighted by Crippen LogP contribution is 2.29. The molecule has 0 amide bonds. The zero-order valence-corrected chi connectivity index (χ0v) is 8.61. The van der Waals surface area contributed by atoms with E-state index in [1.165, 1.54) is 16.9 Å². The van der Waals surface area contributed by atoms with E-state index in [1.54, 1.807) is 17.5 Å². The van der Waals surface area contributed by atoms with Crippen LogP contribution in [0.1, 0.15) is 15.2 Å². The van der Waals surface area contributed by atoms with Crippen LogP contribution < -0.4 is 0 Å². The fourth-order valence-electron chi connectivity index (χ4n) is 1.05. The molecule has 2 aromatic heterocycles. The molecular formula is C9H7NOS2. The zero-order chi connectivity index (χ0) is 9.26. The van der Waals surface area contributed by atoms with Crippen LogP contribution in [-0.4, -0.2) is 11.3 Å². The fourth-order valence-corrected chi connectivity index (χ4v) is 2.76. The van der Waals surface area contributed by atoms with Gasteiger partial charge in [0.2, 0.25) is 0 Å². The molecule has 0 spiro atoms. The van der Waals surface area contributed by atoms with Crippen LogP contribution >= 0.6 is 22.7 Å². The summed E-state index contributed by atoms with van der Waals surface area (Å²) in [6, 6.07) is 0. The molecule has 0 saturated heterocycles. The summed E-state index contributed by atoms with van der Waals surface area (Å²) < 4.78 is 0. The molecule has 66 valence electrons. The normalized spacial score (nSPS) is 10.2. The molecule has 0 fully saturated rings. The van der Waals surface area contributed by atoms with Crippen LogP contribution in [0.2, 0.25) is 0 Å². The van der Waals surface area contributed by atoms with Crippen LogP contribution in [0.25, 0.3) is 10.6 Å². The molecule has 2 heterocycles. The number of aldehydes is 1. The molecule has 2 nitrogen and oxygen atoms in total. The van der Waals surface area contributed by atoms with E-state index in [-0.39, 0.29) is 0 Å². The summed E-state index contributed by atoms with van der Waals surface area (Å²) in [5, 5.41) is 5.07. The molecule has 4 heteroatoms. The van der Waals surface area contributed by atoms with Gasteiger partial charge in [0, 0.05) is 17.1 Å². The van der Waals surface area contributed by atoms with E-state index in [4.69, 9.17) is 0 Å². The number of thiophene rings is 1. The minimum atomic E-state index is 0.681. The van der Waals surface area contributed by atoms with Gasteiger partial charge in [-0.1, -0.05) is 0 Å². The topological polar surface area (TPSA) is 30.0 Å². The van der Waals surface area contributed by atoms with Gasteiger partial charge in [0.15, 0.2) is 6.29 Å². The first kappa shape index (κ1) is 8.59. The third-order valence-electron chi connectivity index (χ3n) is 1.73. The number of hydrogen-bond donors (Lipinski definition) is 0. The van der Waals surface area contributed by atoms with E-state index in [1.807, 2.05) is 6.92 Å². The number of aryl methyl sites for hydroxylation is 1. The highest BCUT2D eigenvalue weighted by Gasteiger charge is 2.07. The SMILES string of the molecule is Cc1cscc1-c1ncc(C=O)s1. The van der Waals surface area contributed by atoms with E-state index in [0.717, 1.165) is 16.9 Å². The Balaban J connectivity index is 2.46. The van der Waals surface area contributed by atoms with Gasteiger partial charge < -0.3 is 0 Å². The van der Waals surface area contributed by atoms with Gasteiger partial charge in [0.1, 0.15) is 5.01 Å². The number of thiazole rings is 1. The number of nitrogens with zero attached hydrogens (tertiary/aromatic N) is 1. The highest BCUT2D eigenvalue weighted by molar-refractivity contribution is 7.17. The molecule has 0 saturated carbocycles.